The molecule has 2 rings (SSSR count). The molecule has 0 aliphatic rings. The summed E-state index contributed by atoms with van der Waals surface area (Å²) in [6, 6.07) is 12.3. The lowest BCUT2D eigenvalue weighted by Crippen LogP contribution is -2.02. The molecule has 0 saturated heterocycles. The molecule has 2 aromatic carbocycles. The molecule has 1 N–H and O–H groups in total. The standard InChI is InChI=1S/C14H13ClN2O2/c1-10-4-2-3-5-11(10)9-16-14-8-12(17(18)19)6-7-13(14)15/h2-8,16H,9H2,1H3. The van der Waals surface area contributed by atoms with Crippen molar-refractivity contribution in [3.8, 4) is 0 Å². The van der Waals surface area contributed by atoms with Crippen molar-refractivity contribution in [2.24, 2.45) is 0 Å². The fourth-order valence-corrected chi connectivity index (χ4v) is 1.95. The number of anilines is 1. The van der Waals surface area contributed by atoms with Gasteiger partial charge in [-0.15, -0.1) is 0 Å². The second-order valence-corrected chi connectivity index (χ2v) is 4.61. The van der Waals surface area contributed by atoms with Crippen LogP contribution in [-0.2, 0) is 6.54 Å². The smallest absolute Gasteiger partial charge is 0.271 e. The van der Waals surface area contributed by atoms with Crippen LogP contribution in [0.5, 0.6) is 0 Å². The minimum atomic E-state index is -0.435. The summed E-state index contributed by atoms with van der Waals surface area (Å²) in [5.41, 5.74) is 2.89. The van der Waals surface area contributed by atoms with E-state index in [1.807, 2.05) is 31.2 Å². The van der Waals surface area contributed by atoms with Crippen molar-refractivity contribution in [1.29, 1.82) is 0 Å². The Morgan fingerprint density at radius 3 is 2.68 bits per heavy atom. The molecule has 5 heteroatoms. The zero-order valence-electron chi connectivity index (χ0n) is 10.4. The number of nitro groups is 1. The number of benzene rings is 2. The van der Waals surface area contributed by atoms with Crippen LogP contribution in [0.3, 0.4) is 0 Å². The van der Waals surface area contributed by atoms with Gasteiger partial charge in [-0.2, -0.15) is 0 Å². The number of nitro benzene ring substituents is 1. The molecular formula is C14H13ClN2O2. The van der Waals surface area contributed by atoms with E-state index in [0.717, 1.165) is 11.1 Å². The van der Waals surface area contributed by atoms with Crippen molar-refractivity contribution in [2.45, 2.75) is 13.5 Å². The number of nitrogens with one attached hydrogen (secondary N) is 1. The van der Waals surface area contributed by atoms with Gasteiger partial charge in [-0.25, -0.2) is 0 Å². The fraction of sp³-hybridized carbons (Fsp3) is 0.143. The predicted molar refractivity (Wildman–Crippen MR) is 76.6 cm³/mol. The summed E-state index contributed by atoms with van der Waals surface area (Å²) in [4.78, 5) is 10.3. The Morgan fingerprint density at radius 1 is 1.26 bits per heavy atom. The topological polar surface area (TPSA) is 55.2 Å². The van der Waals surface area contributed by atoms with Crippen LogP contribution in [0, 0.1) is 17.0 Å². The lowest BCUT2D eigenvalue weighted by molar-refractivity contribution is -0.384. The summed E-state index contributed by atoms with van der Waals surface area (Å²) in [7, 11) is 0. The third-order valence-corrected chi connectivity index (χ3v) is 3.22. The van der Waals surface area contributed by atoms with Crippen molar-refractivity contribution in [2.75, 3.05) is 5.32 Å². The largest absolute Gasteiger partial charge is 0.380 e. The first-order chi connectivity index (χ1) is 9.08. The van der Waals surface area contributed by atoms with Gasteiger partial charge in [0.15, 0.2) is 0 Å². The van der Waals surface area contributed by atoms with E-state index in [9.17, 15) is 10.1 Å². The lowest BCUT2D eigenvalue weighted by Gasteiger charge is -2.10. The molecule has 0 bridgehead atoms. The zero-order chi connectivity index (χ0) is 13.8. The minimum Gasteiger partial charge on any atom is -0.380 e. The van der Waals surface area contributed by atoms with Gasteiger partial charge in [-0.05, 0) is 24.1 Å². The van der Waals surface area contributed by atoms with Gasteiger partial charge in [0.1, 0.15) is 0 Å². The molecule has 0 radical (unpaired) electrons. The van der Waals surface area contributed by atoms with Crippen LogP contribution in [-0.4, -0.2) is 4.92 Å². The molecule has 19 heavy (non-hydrogen) atoms. The van der Waals surface area contributed by atoms with Gasteiger partial charge in [0, 0.05) is 18.7 Å². The second kappa shape index (κ2) is 5.71. The molecule has 0 aromatic heterocycles. The molecule has 2 aromatic rings. The van der Waals surface area contributed by atoms with Crippen LogP contribution in [0.1, 0.15) is 11.1 Å². The van der Waals surface area contributed by atoms with Crippen LogP contribution in [0.15, 0.2) is 42.5 Å². The highest BCUT2D eigenvalue weighted by Gasteiger charge is 2.09. The highest BCUT2D eigenvalue weighted by molar-refractivity contribution is 6.33. The van der Waals surface area contributed by atoms with Gasteiger partial charge in [-0.3, -0.25) is 10.1 Å². The quantitative estimate of drug-likeness (QED) is 0.673. The SMILES string of the molecule is Cc1ccccc1CNc1cc([N+](=O)[O-])ccc1Cl. The number of hydrogen-bond acceptors (Lipinski definition) is 3. The van der Waals surface area contributed by atoms with Crippen molar-refractivity contribution >= 4 is 23.0 Å². The zero-order valence-corrected chi connectivity index (χ0v) is 11.1. The molecule has 98 valence electrons. The second-order valence-electron chi connectivity index (χ2n) is 4.20. The average molecular weight is 277 g/mol. The van der Waals surface area contributed by atoms with Gasteiger partial charge >= 0.3 is 0 Å². The number of nitrogens with zero attached hydrogens (tertiary/aromatic N) is 1. The maximum absolute atomic E-state index is 10.7. The number of halogens is 1. The lowest BCUT2D eigenvalue weighted by atomic mass is 10.1. The van der Waals surface area contributed by atoms with Gasteiger partial charge < -0.3 is 5.32 Å². The predicted octanol–water partition coefficient (Wildman–Crippen LogP) is 4.17. The first-order valence-electron chi connectivity index (χ1n) is 5.80. The van der Waals surface area contributed by atoms with Crippen LogP contribution in [0.25, 0.3) is 0 Å². The number of hydrogen-bond donors (Lipinski definition) is 1. The van der Waals surface area contributed by atoms with Gasteiger partial charge in [0.25, 0.3) is 5.69 Å². The summed E-state index contributed by atoms with van der Waals surface area (Å²) in [5, 5.41) is 14.3. The normalized spacial score (nSPS) is 10.2. The number of non-ortho nitro benzene ring substituents is 1. The van der Waals surface area contributed by atoms with Crippen molar-refractivity contribution in [3.63, 3.8) is 0 Å². The molecule has 4 nitrogen and oxygen atoms in total. The summed E-state index contributed by atoms with van der Waals surface area (Å²) in [6.07, 6.45) is 0. The average Bonchev–Trinajstić information content (AvgIpc) is 2.39. The van der Waals surface area contributed by atoms with Gasteiger partial charge in [0.2, 0.25) is 0 Å². The Hall–Kier alpha value is -2.07. The van der Waals surface area contributed by atoms with E-state index >= 15 is 0 Å². The molecule has 0 aliphatic heterocycles. The molecule has 0 saturated carbocycles. The van der Waals surface area contributed by atoms with E-state index in [1.165, 1.54) is 18.2 Å². The summed E-state index contributed by atoms with van der Waals surface area (Å²) >= 11 is 6.02. The van der Waals surface area contributed by atoms with Crippen LogP contribution < -0.4 is 5.32 Å². The first kappa shape index (κ1) is 13.4. The molecular weight excluding hydrogens is 264 g/mol. The fourth-order valence-electron chi connectivity index (χ4n) is 1.76. The molecule has 0 heterocycles. The molecule has 0 fully saturated rings. The highest BCUT2D eigenvalue weighted by atomic mass is 35.5. The van der Waals surface area contributed by atoms with Crippen LogP contribution >= 0.6 is 11.6 Å². The van der Waals surface area contributed by atoms with E-state index in [2.05, 4.69) is 5.32 Å². The molecule has 0 amide bonds. The Balaban J connectivity index is 2.17. The van der Waals surface area contributed by atoms with E-state index in [4.69, 9.17) is 11.6 Å². The summed E-state index contributed by atoms with van der Waals surface area (Å²) < 4.78 is 0. The molecule has 0 atom stereocenters. The van der Waals surface area contributed by atoms with Crippen LogP contribution in [0.4, 0.5) is 11.4 Å². The van der Waals surface area contributed by atoms with Crippen molar-refractivity contribution in [3.05, 3.63) is 68.7 Å². The Kier molecular flexibility index (Phi) is 4.02. The Bertz CT molecular complexity index is 614. The highest BCUT2D eigenvalue weighted by Crippen LogP contribution is 2.27. The maximum Gasteiger partial charge on any atom is 0.271 e. The summed E-state index contributed by atoms with van der Waals surface area (Å²) in [5.74, 6) is 0. The molecule has 0 unspecified atom stereocenters. The first-order valence-corrected chi connectivity index (χ1v) is 6.18. The summed E-state index contributed by atoms with van der Waals surface area (Å²) in [6.45, 7) is 2.60. The Labute approximate surface area is 116 Å². The van der Waals surface area contributed by atoms with Crippen LogP contribution in [0.2, 0.25) is 5.02 Å². The third-order valence-electron chi connectivity index (χ3n) is 2.89. The third kappa shape index (κ3) is 3.23. The molecule has 0 aliphatic carbocycles. The van der Waals surface area contributed by atoms with E-state index in [1.54, 1.807) is 0 Å². The maximum atomic E-state index is 10.7. The Morgan fingerprint density at radius 2 is 2.00 bits per heavy atom. The van der Waals surface area contributed by atoms with Crippen molar-refractivity contribution < 1.29 is 4.92 Å². The van der Waals surface area contributed by atoms with Crippen molar-refractivity contribution in [1.82, 2.24) is 0 Å². The van der Waals surface area contributed by atoms with E-state index in [-0.39, 0.29) is 5.69 Å². The van der Waals surface area contributed by atoms with E-state index in [0.29, 0.717) is 17.3 Å². The van der Waals surface area contributed by atoms with E-state index < -0.39 is 4.92 Å². The number of aryl methyl sites for hydroxylation is 1. The monoisotopic (exact) mass is 276 g/mol. The van der Waals surface area contributed by atoms with Gasteiger partial charge in [0.05, 0.1) is 15.6 Å². The minimum absolute atomic E-state index is 0.0247. The molecule has 0 spiro atoms. The number of rotatable bonds is 4. The van der Waals surface area contributed by atoms with Gasteiger partial charge in [-0.1, -0.05) is 35.9 Å².